The third-order valence-electron chi connectivity index (χ3n) is 4.91. The quantitative estimate of drug-likeness (QED) is 0.587. The molecule has 1 aliphatic heterocycles. The minimum atomic E-state index is -0.687. The summed E-state index contributed by atoms with van der Waals surface area (Å²) in [5.41, 5.74) is 6.74. The number of anilines is 2. The van der Waals surface area contributed by atoms with E-state index in [1.807, 2.05) is 17.5 Å². The van der Waals surface area contributed by atoms with Crippen LogP contribution in [-0.2, 0) is 9.59 Å². The van der Waals surface area contributed by atoms with Crippen LogP contribution in [0, 0.1) is 5.92 Å². The van der Waals surface area contributed by atoms with Gasteiger partial charge in [-0.2, -0.15) is 5.10 Å². The van der Waals surface area contributed by atoms with Gasteiger partial charge >= 0.3 is 11.8 Å². The number of hydrogen-bond acceptors (Lipinski definition) is 6. The molecule has 2 amide bonds. The Hall–Kier alpha value is -2.94. The number of fused-ring (bicyclic) bond motifs is 1. The first-order chi connectivity index (χ1) is 13.0. The maximum Gasteiger partial charge on any atom is 0.314 e. The number of H-pyrrole nitrogens is 1. The number of aromatic amines is 1. The third kappa shape index (κ3) is 3.25. The van der Waals surface area contributed by atoms with Crippen LogP contribution in [0.3, 0.4) is 0 Å². The number of nitrogens with zero attached hydrogens (tertiary/aromatic N) is 3. The number of carbonyl (C=O) groups excluding carboxylic acids is 2. The van der Waals surface area contributed by atoms with E-state index in [1.54, 1.807) is 16.2 Å². The van der Waals surface area contributed by atoms with E-state index in [1.165, 1.54) is 12.4 Å². The van der Waals surface area contributed by atoms with E-state index < -0.39 is 11.8 Å². The second-order valence-corrected chi connectivity index (χ2v) is 7.82. The number of nitrogen functional groups attached to an aromatic ring is 1. The van der Waals surface area contributed by atoms with Gasteiger partial charge in [0.2, 0.25) is 0 Å². The van der Waals surface area contributed by atoms with Gasteiger partial charge in [-0.15, -0.1) is 11.3 Å². The van der Waals surface area contributed by atoms with Crippen LogP contribution in [0.2, 0.25) is 0 Å². The first-order valence-corrected chi connectivity index (χ1v) is 9.65. The molecule has 3 aromatic heterocycles. The second-order valence-electron chi connectivity index (χ2n) is 6.84. The summed E-state index contributed by atoms with van der Waals surface area (Å²) in [7, 11) is 0. The molecule has 0 radical (unpaired) electrons. The molecular formula is C18H20N6O2S. The van der Waals surface area contributed by atoms with Crippen molar-refractivity contribution in [2.24, 2.45) is 5.92 Å². The highest BCUT2D eigenvalue weighted by molar-refractivity contribution is 7.10. The molecule has 4 N–H and O–H groups in total. The minimum absolute atomic E-state index is 0.0591. The van der Waals surface area contributed by atoms with E-state index in [9.17, 15) is 9.59 Å². The predicted molar refractivity (Wildman–Crippen MR) is 104 cm³/mol. The van der Waals surface area contributed by atoms with Crippen LogP contribution in [0.25, 0.3) is 10.9 Å². The topological polar surface area (TPSA) is 117 Å². The van der Waals surface area contributed by atoms with Gasteiger partial charge in [-0.3, -0.25) is 14.7 Å². The second kappa shape index (κ2) is 6.99. The molecular weight excluding hydrogens is 364 g/mol. The maximum atomic E-state index is 12.9. The van der Waals surface area contributed by atoms with Crippen LogP contribution < -0.4 is 11.1 Å². The Bertz CT molecular complexity index is 983. The molecule has 9 heteroatoms. The average molecular weight is 384 g/mol. The molecule has 27 heavy (non-hydrogen) atoms. The summed E-state index contributed by atoms with van der Waals surface area (Å²) in [4.78, 5) is 32.5. The molecule has 1 fully saturated rings. The number of pyridine rings is 1. The average Bonchev–Trinajstić information content (AvgIpc) is 3.35. The van der Waals surface area contributed by atoms with Crippen molar-refractivity contribution in [2.75, 3.05) is 17.6 Å². The highest BCUT2D eigenvalue weighted by atomic mass is 32.1. The van der Waals surface area contributed by atoms with Gasteiger partial charge in [0.1, 0.15) is 5.82 Å². The first kappa shape index (κ1) is 17.5. The van der Waals surface area contributed by atoms with E-state index in [0.717, 1.165) is 17.7 Å². The lowest BCUT2D eigenvalue weighted by atomic mass is 9.93. The Morgan fingerprint density at radius 1 is 1.37 bits per heavy atom. The lowest BCUT2D eigenvalue weighted by Crippen LogP contribution is -2.46. The highest BCUT2D eigenvalue weighted by Gasteiger charge is 2.34. The summed E-state index contributed by atoms with van der Waals surface area (Å²) in [6, 6.07) is 3.92. The molecule has 1 saturated heterocycles. The number of hydrogen-bond donors (Lipinski definition) is 3. The van der Waals surface area contributed by atoms with E-state index in [-0.39, 0.29) is 6.04 Å². The van der Waals surface area contributed by atoms with Crippen molar-refractivity contribution < 1.29 is 9.59 Å². The highest BCUT2D eigenvalue weighted by Crippen LogP contribution is 2.35. The Kier molecular flexibility index (Phi) is 4.53. The fraction of sp³-hybridized carbons (Fsp3) is 0.333. The number of likely N-dealkylation sites (tertiary alicyclic amines) is 1. The molecule has 4 heterocycles. The molecule has 8 nitrogen and oxygen atoms in total. The van der Waals surface area contributed by atoms with Gasteiger partial charge in [0.05, 0.1) is 35.0 Å². The molecule has 0 saturated carbocycles. The van der Waals surface area contributed by atoms with Crippen molar-refractivity contribution >= 4 is 45.6 Å². The smallest absolute Gasteiger partial charge is 0.314 e. The summed E-state index contributed by atoms with van der Waals surface area (Å²) in [5.74, 6) is -0.557. The Balaban J connectivity index is 1.57. The van der Waals surface area contributed by atoms with Crippen molar-refractivity contribution in [1.82, 2.24) is 20.1 Å². The summed E-state index contributed by atoms with van der Waals surface area (Å²) >= 11 is 1.61. The molecule has 140 valence electrons. The molecule has 3 aromatic rings. The molecule has 0 aliphatic carbocycles. The summed E-state index contributed by atoms with van der Waals surface area (Å²) in [5, 5.41) is 12.0. The van der Waals surface area contributed by atoms with E-state index >= 15 is 0 Å². The van der Waals surface area contributed by atoms with E-state index in [2.05, 4.69) is 27.4 Å². The Morgan fingerprint density at radius 2 is 2.22 bits per heavy atom. The third-order valence-corrected chi connectivity index (χ3v) is 5.88. The van der Waals surface area contributed by atoms with Gasteiger partial charge in [0.25, 0.3) is 0 Å². The zero-order valence-corrected chi connectivity index (χ0v) is 15.6. The van der Waals surface area contributed by atoms with Gasteiger partial charge in [-0.1, -0.05) is 13.0 Å². The van der Waals surface area contributed by atoms with Crippen LogP contribution in [0.15, 0.2) is 29.9 Å². The zero-order chi connectivity index (χ0) is 19.0. The van der Waals surface area contributed by atoms with Gasteiger partial charge < -0.3 is 16.0 Å². The standard InChI is InChI=1S/C18H20N6O2S/c1-10-4-5-13(14-3-2-6-27-14)24(9-10)18(26)17(25)22-12-8-20-16(19)11-7-21-23-15(11)12/h2-3,6-8,10,13H,4-5,9H2,1H3,(H2,19,20)(H,21,23)(H,22,25)/t10-,13?/m1/s1. The van der Waals surface area contributed by atoms with Crippen molar-refractivity contribution in [3.05, 3.63) is 34.8 Å². The van der Waals surface area contributed by atoms with Gasteiger partial charge in [0.15, 0.2) is 0 Å². The SMILES string of the molecule is C[C@@H]1CCC(c2cccs2)N(C(=O)C(=O)Nc2cnc(N)c3cn[nH]c23)C1. The van der Waals surface area contributed by atoms with Crippen LogP contribution in [0.4, 0.5) is 11.5 Å². The van der Waals surface area contributed by atoms with Crippen LogP contribution in [-0.4, -0.2) is 38.4 Å². The monoisotopic (exact) mass is 384 g/mol. The summed E-state index contributed by atoms with van der Waals surface area (Å²) in [6.45, 7) is 2.66. The van der Waals surface area contributed by atoms with Crippen LogP contribution in [0.1, 0.15) is 30.7 Å². The van der Waals surface area contributed by atoms with Crippen LogP contribution >= 0.6 is 11.3 Å². The van der Waals surface area contributed by atoms with Gasteiger partial charge in [0, 0.05) is 11.4 Å². The molecule has 1 aliphatic rings. The summed E-state index contributed by atoms with van der Waals surface area (Å²) in [6.07, 6.45) is 4.85. The predicted octanol–water partition coefficient (Wildman–Crippen LogP) is 2.54. The number of thiophene rings is 1. The fourth-order valence-corrected chi connectivity index (χ4v) is 4.38. The van der Waals surface area contributed by atoms with Gasteiger partial charge in [-0.05, 0) is 30.2 Å². The lowest BCUT2D eigenvalue weighted by molar-refractivity contribution is -0.146. The molecule has 0 bridgehead atoms. The largest absolute Gasteiger partial charge is 0.383 e. The minimum Gasteiger partial charge on any atom is -0.383 e. The number of nitrogens with one attached hydrogen (secondary N) is 2. The normalized spacial score (nSPS) is 20.0. The fourth-order valence-electron chi connectivity index (χ4n) is 3.51. The molecule has 2 atom stereocenters. The Morgan fingerprint density at radius 3 is 3.00 bits per heavy atom. The number of amides is 2. The van der Waals surface area contributed by atoms with Gasteiger partial charge in [-0.25, -0.2) is 4.98 Å². The van der Waals surface area contributed by atoms with E-state index in [4.69, 9.17) is 5.73 Å². The van der Waals surface area contributed by atoms with E-state index in [0.29, 0.717) is 34.9 Å². The lowest BCUT2D eigenvalue weighted by Gasteiger charge is -2.37. The van der Waals surface area contributed by atoms with Crippen molar-refractivity contribution in [3.63, 3.8) is 0 Å². The van der Waals surface area contributed by atoms with Crippen molar-refractivity contribution in [2.45, 2.75) is 25.8 Å². The number of nitrogens with two attached hydrogens (primary N) is 1. The molecule has 0 spiro atoms. The molecule has 1 unspecified atom stereocenters. The molecule has 4 rings (SSSR count). The maximum absolute atomic E-state index is 12.9. The zero-order valence-electron chi connectivity index (χ0n) is 14.8. The number of rotatable bonds is 2. The molecule has 0 aromatic carbocycles. The number of carbonyl (C=O) groups is 2. The number of aromatic nitrogens is 3. The van der Waals surface area contributed by atoms with Crippen LogP contribution in [0.5, 0.6) is 0 Å². The Labute approximate surface area is 159 Å². The summed E-state index contributed by atoms with van der Waals surface area (Å²) < 4.78 is 0. The van der Waals surface area contributed by atoms with Crippen molar-refractivity contribution in [1.29, 1.82) is 0 Å². The van der Waals surface area contributed by atoms with Crippen molar-refractivity contribution in [3.8, 4) is 0 Å². The number of piperidine rings is 1. The first-order valence-electron chi connectivity index (χ1n) is 8.77.